The number of carbonyl (C=O) groups excluding carboxylic acids is 6. The Balaban J connectivity index is 1.24. The van der Waals surface area contributed by atoms with Gasteiger partial charge in [0.05, 0.1) is 12.0 Å². The van der Waals surface area contributed by atoms with Crippen molar-refractivity contribution in [1.82, 2.24) is 15.5 Å². The molecule has 1 aliphatic heterocycles. The Morgan fingerprint density at radius 3 is 2.32 bits per heavy atom. The number of Topliss-reactive ketones (excluding diaryl/α,β-unsaturated/α-hetero) is 2. The van der Waals surface area contributed by atoms with Gasteiger partial charge in [0.1, 0.15) is 12.1 Å². The summed E-state index contributed by atoms with van der Waals surface area (Å²) >= 11 is 0. The molecule has 236 valence electrons. The number of primary amides is 1. The summed E-state index contributed by atoms with van der Waals surface area (Å²) in [4.78, 5) is 81.0. The molecule has 1 aromatic carbocycles. The maximum atomic E-state index is 14.5. The van der Waals surface area contributed by atoms with E-state index in [9.17, 15) is 28.8 Å². The Labute approximate surface area is 258 Å². The summed E-state index contributed by atoms with van der Waals surface area (Å²) in [6, 6.07) is 4.47. The lowest BCUT2D eigenvalue weighted by Crippen LogP contribution is -2.60. The van der Waals surface area contributed by atoms with E-state index in [-0.39, 0.29) is 53.1 Å². The Kier molecular flexibility index (Phi) is 8.13. The highest BCUT2D eigenvalue weighted by Crippen LogP contribution is 2.65. The number of ketones is 2. The maximum absolute atomic E-state index is 14.5. The van der Waals surface area contributed by atoms with Crippen LogP contribution in [0.15, 0.2) is 24.3 Å². The van der Waals surface area contributed by atoms with Gasteiger partial charge in [-0.05, 0) is 53.9 Å². The molecule has 4 aliphatic carbocycles. The van der Waals surface area contributed by atoms with Crippen LogP contribution in [0.4, 0.5) is 0 Å². The normalized spacial score (nSPS) is 28.7. The van der Waals surface area contributed by atoms with Crippen LogP contribution in [0.3, 0.4) is 0 Å². The molecule has 1 saturated heterocycles. The van der Waals surface area contributed by atoms with E-state index in [1.807, 2.05) is 6.07 Å². The number of fused-ring (bicyclic) bond motifs is 2. The molecule has 0 spiro atoms. The number of nitrogens with two attached hydrogens (primary N) is 1. The average molecular weight is 605 g/mol. The molecule has 4 N–H and O–H groups in total. The van der Waals surface area contributed by atoms with Gasteiger partial charge in [-0.2, -0.15) is 0 Å². The first-order valence-corrected chi connectivity index (χ1v) is 16.4. The smallest absolute Gasteiger partial charge is 0.287 e. The molecule has 5 aliphatic rings. The third-order valence-corrected chi connectivity index (χ3v) is 11.5. The molecule has 1 aromatic rings. The second-order valence-electron chi connectivity index (χ2n) is 14.4. The van der Waals surface area contributed by atoms with Gasteiger partial charge in [0.25, 0.3) is 5.91 Å². The lowest BCUT2D eigenvalue weighted by Gasteiger charge is -2.37. The largest absolute Gasteiger partial charge is 0.363 e. The molecule has 2 unspecified atom stereocenters. The second kappa shape index (κ2) is 11.7. The van der Waals surface area contributed by atoms with Gasteiger partial charge in [-0.1, -0.05) is 76.6 Å². The highest BCUT2D eigenvalue weighted by atomic mass is 16.2. The number of benzene rings is 1. The number of nitrogens with one attached hydrogen (secondary N) is 2. The van der Waals surface area contributed by atoms with Crippen molar-refractivity contribution in [3.05, 3.63) is 35.4 Å². The molecule has 10 nitrogen and oxygen atoms in total. The molecular weight excluding hydrogens is 560 g/mol. The van der Waals surface area contributed by atoms with Gasteiger partial charge in [0.2, 0.25) is 23.5 Å². The van der Waals surface area contributed by atoms with Crippen LogP contribution in [0.25, 0.3) is 0 Å². The minimum atomic E-state index is -1.08. The van der Waals surface area contributed by atoms with Crippen LogP contribution in [-0.2, 0) is 24.0 Å². The number of hydrogen-bond donors (Lipinski definition) is 3. The van der Waals surface area contributed by atoms with Gasteiger partial charge in [-0.15, -0.1) is 0 Å². The van der Waals surface area contributed by atoms with Crippen molar-refractivity contribution in [2.45, 2.75) is 102 Å². The minimum Gasteiger partial charge on any atom is -0.363 e. The van der Waals surface area contributed by atoms with Gasteiger partial charge in [0, 0.05) is 18.5 Å². The zero-order chi connectivity index (χ0) is 31.3. The van der Waals surface area contributed by atoms with E-state index in [0.717, 1.165) is 51.4 Å². The van der Waals surface area contributed by atoms with Gasteiger partial charge in [-0.25, -0.2) is 0 Å². The molecule has 0 radical (unpaired) electrons. The van der Waals surface area contributed by atoms with Crippen molar-refractivity contribution in [3.63, 3.8) is 0 Å². The zero-order valence-electron chi connectivity index (χ0n) is 25.7. The molecule has 0 bridgehead atoms. The number of piperidine rings is 1. The van der Waals surface area contributed by atoms with Crippen LogP contribution < -0.4 is 16.4 Å². The molecule has 44 heavy (non-hydrogen) atoms. The number of hydrogen-bond acceptors (Lipinski definition) is 6. The van der Waals surface area contributed by atoms with Crippen molar-refractivity contribution in [1.29, 1.82) is 0 Å². The first-order chi connectivity index (χ1) is 21.0. The molecule has 6 rings (SSSR count). The predicted molar refractivity (Wildman–Crippen MR) is 161 cm³/mol. The van der Waals surface area contributed by atoms with Crippen molar-refractivity contribution >= 4 is 35.2 Å². The summed E-state index contributed by atoms with van der Waals surface area (Å²) in [5.41, 5.74) is 6.42. The zero-order valence-corrected chi connectivity index (χ0v) is 25.7. The van der Waals surface area contributed by atoms with Gasteiger partial charge >= 0.3 is 0 Å². The summed E-state index contributed by atoms with van der Waals surface area (Å²) < 4.78 is 0. The Morgan fingerprint density at radius 1 is 0.955 bits per heavy atom. The fourth-order valence-electron chi connectivity index (χ4n) is 8.51. The van der Waals surface area contributed by atoms with Gasteiger partial charge < -0.3 is 21.3 Å². The molecule has 10 heteroatoms. The van der Waals surface area contributed by atoms with E-state index in [2.05, 4.69) is 24.5 Å². The van der Waals surface area contributed by atoms with Crippen LogP contribution in [0, 0.1) is 29.1 Å². The van der Waals surface area contributed by atoms with Crippen LogP contribution >= 0.6 is 0 Å². The third kappa shape index (κ3) is 5.45. The lowest BCUT2D eigenvalue weighted by atomic mass is 9.80. The topological polar surface area (TPSA) is 156 Å². The van der Waals surface area contributed by atoms with Crippen molar-refractivity contribution in [2.24, 2.45) is 34.8 Å². The summed E-state index contributed by atoms with van der Waals surface area (Å²) in [6.07, 6.45) is 7.90. The standard InChI is InChI=1S/C34H44N4O6/c1-34(2)23-17-38(28(26(23)34)32(43)36-24(29(40)30(35)41)15-18-9-8-10-18)33(44)27(19-11-4-3-5-12-19)37-31(42)22-16-25(39)21-14-7-6-13-20(21)22/h6-7,13-14,18-19,22-24,26-28H,3-5,8-12,15-17H2,1-2H3,(H2,35,41)(H,36,43)(H,37,42)/t22?,23-,24?,26-,27-,28-/m0/s1. The molecule has 1 heterocycles. The monoisotopic (exact) mass is 604 g/mol. The van der Waals surface area contributed by atoms with E-state index < -0.39 is 41.6 Å². The number of carbonyl (C=O) groups is 6. The van der Waals surface area contributed by atoms with Crippen LogP contribution in [0.2, 0.25) is 0 Å². The van der Waals surface area contributed by atoms with Gasteiger partial charge in [-0.3, -0.25) is 28.8 Å². The number of likely N-dealkylation sites (tertiary alicyclic amines) is 1. The highest BCUT2D eigenvalue weighted by molar-refractivity contribution is 6.37. The van der Waals surface area contributed by atoms with Gasteiger partial charge in [0.15, 0.2) is 5.78 Å². The number of rotatable bonds is 10. The Bertz CT molecular complexity index is 1380. The van der Waals surface area contributed by atoms with E-state index in [0.29, 0.717) is 24.1 Å². The van der Waals surface area contributed by atoms with E-state index in [4.69, 9.17) is 5.73 Å². The summed E-state index contributed by atoms with van der Waals surface area (Å²) in [5, 5.41) is 5.89. The molecular formula is C34H44N4O6. The molecule has 4 amide bonds. The number of amides is 4. The minimum absolute atomic E-state index is 0.0696. The predicted octanol–water partition coefficient (Wildman–Crippen LogP) is 2.63. The molecule has 6 atom stereocenters. The van der Waals surface area contributed by atoms with Crippen LogP contribution in [-0.4, -0.2) is 64.8 Å². The summed E-state index contributed by atoms with van der Waals surface area (Å²) in [6.45, 7) is 4.55. The summed E-state index contributed by atoms with van der Waals surface area (Å²) in [5.74, 6) is -3.53. The van der Waals surface area contributed by atoms with Crippen molar-refractivity contribution in [3.8, 4) is 0 Å². The number of nitrogens with zero attached hydrogens (tertiary/aromatic N) is 1. The average Bonchev–Trinajstić information content (AvgIpc) is 3.29. The van der Waals surface area contributed by atoms with Crippen LogP contribution in [0.1, 0.15) is 99.9 Å². The van der Waals surface area contributed by atoms with E-state index in [1.165, 1.54) is 0 Å². The second-order valence-corrected chi connectivity index (χ2v) is 14.4. The fraction of sp³-hybridized carbons (Fsp3) is 0.647. The summed E-state index contributed by atoms with van der Waals surface area (Å²) in [7, 11) is 0. The third-order valence-electron chi connectivity index (χ3n) is 11.5. The Hall–Kier alpha value is -3.56. The maximum Gasteiger partial charge on any atom is 0.287 e. The fourth-order valence-corrected chi connectivity index (χ4v) is 8.51. The van der Waals surface area contributed by atoms with Crippen LogP contribution in [0.5, 0.6) is 0 Å². The first-order valence-electron chi connectivity index (χ1n) is 16.4. The molecule has 4 fully saturated rings. The quantitative estimate of drug-likeness (QED) is 0.349. The van der Waals surface area contributed by atoms with Crippen molar-refractivity contribution in [2.75, 3.05) is 6.54 Å². The van der Waals surface area contributed by atoms with Crippen molar-refractivity contribution < 1.29 is 28.8 Å². The SMILES string of the molecule is CC1(C)[C@@H]2[C@@H](C(=O)NC(CC3CCC3)C(=O)C(N)=O)N(C(=O)[C@@H](NC(=O)C3CC(=O)c4ccccc43)C3CCCCC3)C[C@@H]21. The first kappa shape index (κ1) is 30.5. The molecule has 3 saturated carbocycles. The van der Waals surface area contributed by atoms with E-state index >= 15 is 0 Å². The molecule has 0 aromatic heterocycles. The van der Waals surface area contributed by atoms with E-state index in [1.54, 1.807) is 23.1 Å². The Morgan fingerprint density at radius 2 is 1.66 bits per heavy atom. The lowest BCUT2D eigenvalue weighted by molar-refractivity contribution is -0.146. The highest BCUT2D eigenvalue weighted by Gasteiger charge is 2.69.